The summed E-state index contributed by atoms with van der Waals surface area (Å²) in [4.78, 5) is 14.0. The minimum atomic E-state index is -3.74. The Kier molecular flexibility index (Phi) is 7.29. The van der Waals surface area contributed by atoms with Gasteiger partial charge in [0, 0.05) is 38.2 Å². The van der Waals surface area contributed by atoms with Gasteiger partial charge >= 0.3 is 0 Å². The summed E-state index contributed by atoms with van der Waals surface area (Å²) in [5.74, 6) is -0.188. The number of nitrogens with zero attached hydrogens (tertiary/aromatic N) is 2. The minimum absolute atomic E-state index is 0. The van der Waals surface area contributed by atoms with E-state index in [4.69, 9.17) is 11.6 Å². The number of amides is 1. The predicted octanol–water partition coefficient (Wildman–Crippen LogP) is 1.12. The highest BCUT2D eigenvalue weighted by Gasteiger charge is 2.27. The number of benzene rings is 1. The fourth-order valence-electron chi connectivity index (χ4n) is 2.31. The molecule has 1 fully saturated rings. The number of rotatable bonds is 4. The molecule has 0 aliphatic carbocycles. The van der Waals surface area contributed by atoms with Crippen LogP contribution in [0, 0.1) is 6.92 Å². The Balaban J connectivity index is 0.00000264. The van der Waals surface area contributed by atoms with Crippen molar-refractivity contribution in [2.75, 3.05) is 39.8 Å². The zero-order valence-electron chi connectivity index (χ0n) is 13.1. The Morgan fingerprint density at radius 1 is 1.35 bits per heavy atom. The van der Waals surface area contributed by atoms with Crippen LogP contribution in [0.25, 0.3) is 0 Å². The summed E-state index contributed by atoms with van der Waals surface area (Å²) in [6.45, 7) is 4.19. The van der Waals surface area contributed by atoms with Gasteiger partial charge in [-0.3, -0.25) is 4.79 Å². The predicted molar refractivity (Wildman–Crippen MR) is 92.7 cm³/mol. The molecule has 1 aromatic rings. The number of carbonyl (C=O) groups is 1. The number of halogens is 2. The summed E-state index contributed by atoms with van der Waals surface area (Å²) >= 11 is 5.89. The largest absolute Gasteiger partial charge is 0.339 e. The van der Waals surface area contributed by atoms with Gasteiger partial charge < -0.3 is 10.2 Å². The van der Waals surface area contributed by atoms with E-state index in [1.54, 1.807) is 24.0 Å². The van der Waals surface area contributed by atoms with Gasteiger partial charge in [0.25, 0.3) is 0 Å². The van der Waals surface area contributed by atoms with Crippen molar-refractivity contribution in [1.29, 1.82) is 0 Å². The Hall–Kier alpha value is -0.860. The lowest BCUT2D eigenvalue weighted by Gasteiger charge is -2.29. The summed E-state index contributed by atoms with van der Waals surface area (Å²) < 4.78 is 26.3. The van der Waals surface area contributed by atoms with Gasteiger partial charge in [0.15, 0.2) is 0 Å². The van der Waals surface area contributed by atoms with E-state index in [1.165, 1.54) is 13.1 Å². The fourth-order valence-corrected chi connectivity index (χ4v) is 3.91. The third-order valence-corrected chi connectivity index (χ3v) is 5.85. The van der Waals surface area contributed by atoms with E-state index in [2.05, 4.69) is 5.32 Å². The average Bonchev–Trinajstić information content (AvgIpc) is 2.50. The van der Waals surface area contributed by atoms with Gasteiger partial charge in [0.2, 0.25) is 15.9 Å². The van der Waals surface area contributed by atoms with E-state index in [9.17, 15) is 13.2 Å². The monoisotopic (exact) mass is 381 g/mol. The van der Waals surface area contributed by atoms with E-state index in [-0.39, 0.29) is 29.8 Å². The average molecular weight is 382 g/mol. The van der Waals surface area contributed by atoms with Gasteiger partial charge in [-0.15, -0.1) is 12.4 Å². The first kappa shape index (κ1) is 20.2. The molecule has 0 spiro atoms. The molecule has 1 aliphatic rings. The number of carbonyl (C=O) groups excluding carboxylic acids is 1. The minimum Gasteiger partial charge on any atom is -0.339 e. The van der Waals surface area contributed by atoms with Crippen LogP contribution < -0.4 is 5.32 Å². The molecule has 0 saturated carbocycles. The van der Waals surface area contributed by atoms with Crippen LogP contribution >= 0.6 is 24.0 Å². The van der Waals surface area contributed by atoms with Crippen molar-refractivity contribution in [3.05, 3.63) is 28.8 Å². The van der Waals surface area contributed by atoms with Gasteiger partial charge in [-0.2, -0.15) is 4.31 Å². The highest BCUT2D eigenvalue weighted by atomic mass is 35.5. The lowest BCUT2D eigenvalue weighted by atomic mass is 10.2. The van der Waals surface area contributed by atoms with Crippen molar-refractivity contribution in [1.82, 2.24) is 14.5 Å². The zero-order valence-corrected chi connectivity index (χ0v) is 15.5. The number of piperazine rings is 1. The first-order valence-electron chi connectivity index (χ1n) is 7.03. The summed E-state index contributed by atoms with van der Waals surface area (Å²) in [6, 6.07) is 4.71. The highest BCUT2D eigenvalue weighted by molar-refractivity contribution is 7.89. The van der Waals surface area contributed by atoms with E-state index in [0.29, 0.717) is 23.7 Å². The second-order valence-corrected chi connectivity index (χ2v) is 7.75. The molecule has 6 nitrogen and oxygen atoms in total. The molecule has 9 heteroatoms. The van der Waals surface area contributed by atoms with Crippen LogP contribution in [0.2, 0.25) is 5.02 Å². The Morgan fingerprint density at radius 2 is 1.96 bits per heavy atom. The maximum atomic E-state index is 12.6. The van der Waals surface area contributed by atoms with E-state index < -0.39 is 10.0 Å². The fraction of sp³-hybridized carbons (Fsp3) is 0.500. The normalized spacial score (nSPS) is 15.4. The Labute approximate surface area is 148 Å². The van der Waals surface area contributed by atoms with Crippen LogP contribution in [0.4, 0.5) is 0 Å². The SMILES string of the molecule is Cc1ccc(Cl)cc1S(=O)(=O)N(C)CC(=O)N1CCNCC1.Cl. The van der Waals surface area contributed by atoms with Crippen LogP contribution in [-0.4, -0.2) is 63.3 Å². The molecule has 0 bridgehead atoms. The van der Waals surface area contributed by atoms with Crippen molar-refractivity contribution < 1.29 is 13.2 Å². The van der Waals surface area contributed by atoms with Gasteiger partial charge in [0.05, 0.1) is 11.4 Å². The summed E-state index contributed by atoms with van der Waals surface area (Å²) in [7, 11) is -2.33. The maximum absolute atomic E-state index is 12.6. The standard InChI is InChI=1S/C14H20ClN3O3S.ClH/c1-11-3-4-12(15)9-13(11)22(20,21)17(2)10-14(19)18-7-5-16-6-8-18;/h3-4,9,16H,5-8,10H2,1-2H3;1H. The molecule has 1 heterocycles. The second kappa shape index (κ2) is 8.30. The number of nitrogens with one attached hydrogen (secondary N) is 1. The molecule has 1 N–H and O–H groups in total. The molecular formula is C14H21Cl2N3O3S. The van der Waals surface area contributed by atoms with Gasteiger partial charge in [-0.05, 0) is 24.6 Å². The summed E-state index contributed by atoms with van der Waals surface area (Å²) in [6.07, 6.45) is 0. The smallest absolute Gasteiger partial charge is 0.243 e. The van der Waals surface area contributed by atoms with Crippen LogP contribution in [0.1, 0.15) is 5.56 Å². The number of aryl methyl sites for hydroxylation is 1. The third kappa shape index (κ3) is 4.81. The van der Waals surface area contributed by atoms with Crippen LogP contribution in [0.15, 0.2) is 23.1 Å². The van der Waals surface area contributed by atoms with Crippen molar-refractivity contribution in [2.45, 2.75) is 11.8 Å². The van der Waals surface area contributed by atoms with Crippen molar-refractivity contribution in [3.63, 3.8) is 0 Å². The molecular weight excluding hydrogens is 361 g/mol. The van der Waals surface area contributed by atoms with E-state index in [0.717, 1.165) is 17.4 Å². The molecule has 0 radical (unpaired) electrons. The van der Waals surface area contributed by atoms with Crippen LogP contribution in [0.5, 0.6) is 0 Å². The molecule has 2 rings (SSSR count). The molecule has 130 valence electrons. The number of likely N-dealkylation sites (N-methyl/N-ethyl adjacent to an activating group) is 1. The van der Waals surface area contributed by atoms with Crippen LogP contribution in [0.3, 0.4) is 0 Å². The lowest BCUT2D eigenvalue weighted by Crippen LogP contribution is -2.49. The lowest BCUT2D eigenvalue weighted by molar-refractivity contribution is -0.131. The van der Waals surface area contributed by atoms with Gasteiger partial charge in [-0.1, -0.05) is 17.7 Å². The molecule has 0 unspecified atom stereocenters. The van der Waals surface area contributed by atoms with E-state index >= 15 is 0 Å². The molecule has 23 heavy (non-hydrogen) atoms. The van der Waals surface area contributed by atoms with Crippen LogP contribution in [-0.2, 0) is 14.8 Å². The molecule has 1 aromatic carbocycles. The molecule has 0 aromatic heterocycles. The first-order valence-corrected chi connectivity index (χ1v) is 8.85. The van der Waals surface area contributed by atoms with Crippen molar-refractivity contribution in [3.8, 4) is 0 Å². The number of sulfonamides is 1. The van der Waals surface area contributed by atoms with Crippen molar-refractivity contribution >= 4 is 39.9 Å². The molecule has 1 amide bonds. The number of hydrogen-bond donors (Lipinski definition) is 1. The maximum Gasteiger partial charge on any atom is 0.243 e. The Morgan fingerprint density at radius 3 is 2.57 bits per heavy atom. The van der Waals surface area contributed by atoms with Gasteiger partial charge in [0.1, 0.15) is 0 Å². The summed E-state index contributed by atoms with van der Waals surface area (Å²) in [5.41, 5.74) is 0.603. The topological polar surface area (TPSA) is 69.7 Å². The second-order valence-electron chi connectivity index (χ2n) is 5.30. The molecule has 0 atom stereocenters. The van der Waals surface area contributed by atoms with E-state index in [1.807, 2.05) is 0 Å². The molecule has 1 saturated heterocycles. The Bertz CT molecular complexity index is 661. The third-order valence-electron chi connectivity index (χ3n) is 3.67. The quantitative estimate of drug-likeness (QED) is 0.848. The molecule has 1 aliphatic heterocycles. The number of hydrogen-bond acceptors (Lipinski definition) is 4. The summed E-state index contributed by atoms with van der Waals surface area (Å²) in [5, 5.41) is 3.51. The van der Waals surface area contributed by atoms with Gasteiger partial charge in [-0.25, -0.2) is 8.42 Å². The highest BCUT2D eigenvalue weighted by Crippen LogP contribution is 2.22. The van der Waals surface area contributed by atoms with Crippen molar-refractivity contribution in [2.24, 2.45) is 0 Å². The first-order chi connectivity index (χ1) is 10.3. The zero-order chi connectivity index (χ0) is 16.3.